The van der Waals surface area contributed by atoms with Crippen molar-refractivity contribution in [3.05, 3.63) is 35.4 Å². The molecule has 1 fully saturated rings. The Labute approximate surface area is 100 Å². The van der Waals surface area contributed by atoms with Gasteiger partial charge in [0.1, 0.15) is 0 Å². The van der Waals surface area contributed by atoms with Gasteiger partial charge < -0.3 is 5.73 Å². The molecule has 1 aliphatic heterocycles. The molecular weight excluding hydrogens is 222 g/mol. The maximum atomic E-state index is 13.5. The molecule has 94 valence electrons. The van der Waals surface area contributed by atoms with Crippen LogP contribution in [0, 0.1) is 17.0 Å². The molecular formula is C13H18F2N2. The Morgan fingerprint density at radius 1 is 1.41 bits per heavy atom. The Balaban J connectivity index is 2.05. The maximum Gasteiger partial charge on any atom is 0.163 e. The fourth-order valence-electron chi connectivity index (χ4n) is 2.34. The highest BCUT2D eigenvalue weighted by atomic mass is 19.2. The van der Waals surface area contributed by atoms with E-state index in [1.54, 1.807) is 12.1 Å². The standard InChI is InChI=1S/C13H18F2N2/c1-13(8-16)5-6-17(9-13)7-10-3-2-4-11(14)12(10)15/h2-4H,5-9,16H2,1H3. The van der Waals surface area contributed by atoms with Crippen LogP contribution in [-0.2, 0) is 6.54 Å². The van der Waals surface area contributed by atoms with E-state index in [0.717, 1.165) is 25.6 Å². The third-order valence-electron chi connectivity index (χ3n) is 3.56. The minimum Gasteiger partial charge on any atom is -0.330 e. The maximum absolute atomic E-state index is 13.5. The number of halogens is 2. The van der Waals surface area contributed by atoms with Crippen molar-refractivity contribution in [1.82, 2.24) is 4.90 Å². The first-order chi connectivity index (χ1) is 8.04. The molecule has 1 saturated heterocycles. The highest BCUT2D eigenvalue weighted by molar-refractivity contribution is 5.19. The zero-order valence-corrected chi connectivity index (χ0v) is 10.0. The molecule has 2 rings (SSSR count). The molecule has 0 spiro atoms. The molecule has 17 heavy (non-hydrogen) atoms. The second-order valence-electron chi connectivity index (χ2n) is 5.19. The van der Waals surface area contributed by atoms with E-state index < -0.39 is 11.6 Å². The van der Waals surface area contributed by atoms with E-state index >= 15 is 0 Å². The quantitative estimate of drug-likeness (QED) is 0.877. The average molecular weight is 240 g/mol. The predicted octanol–water partition coefficient (Wildman–Crippen LogP) is 2.14. The summed E-state index contributed by atoms with van der Waals surface area (Å²) in [7, 11) is 0. The molecule has 0 aromatic heterocycles. The van der Waals surface area contributed by atoms with Crippen molar-refractivity contribution in [2.45, 2.75) is 19.9 Å². The van der Waals surface area contributed by atoms with E-state index in [9.17, 15) is 8.78 Å². The second-order valence-corrected chi connectivity index (χ2v) is 5.19. The summed E-state index contributed by atoms with van der Waals surface area (Å²) in [5.41, 5.74) is 6.25. The normalized spacial score (nSPS) is 25.4. The first-order valence-electron chi connectivity index (χ1n) is 5.89. The van der Waals surface area contributed by atoms with Crippen molar-refractivity contribution in [1.29, 1.82) is 0 Å². The highest BCUT2D eigenvalue weighted by Crippen LogP contribution is 2.29. The van der Waals surface area contributed by atoms with Gasteiger partial charge in [0.2, 0.25) is 0 Å². The molecule has 0 saturated carbocycles. The van der Waals surface area contributed by atoms with E-state index in [1.807, 2.05) is 0 Å². The van der Waals surface area contributed by atoms with Gasteiger partial charge in [0, 0.05) is 18.7 Å². The van der Waals surface area contributed by atoms with Crippen LogP contribution in [0.3, 0.4) is 0 Å². The molecule has 0 amide bonds. The molecule has 1 heterocycles. The molecule has 1 atom stereocenters. The van der Waals surface area contributed by atoms with E-state index in [4.69, 9.17) is 5.73 Å². The minimum absolute atomic E-state index is 0.115. The smallest absolute Gasteiger partial charge is 0.163 e. The lowest BCUT2D eigenvalue weighted by Gasteiger charge is -2.22. The van der Waals surface area contributed by atoms with Gasteiger partial charge in [-0.15, -0.1) is 0 Å². The van der Waals surface area contributed by atoms with Crippen molar-refractivity contribution in [2.75, 3.05) is 19.6 Å². The minimum atomic E-state index is -0.775. The van der Waals surface area contributed by atoms with Crippen molar-refractivity contribution in [3.8, 4) is 0 Å². The summed E-state index contributed by atoms with van der Waals surface area (Å²) in [6, 6.07) is 4.33. The number of rotatable bonds is 3. The largest absolute Gasteiger partial charge is 0.330 e. The number of nitrogens with two attached hydrogens (primary N) is 1. The van der Waals surface area contributed by atoms with Crippen LogP contribution in [0.1, 0.15) is 18.9 Å². The monoisotopic (exact) mass is 240 g/mol. The first-order valence-corrected chi connectivity index (χ1v) is 5.89. The zero-order chi connectivity index (χ0) is 12.5. The fourth-order valence-corrected chi connectivity index (χ4v) is 2.34. The van der Waals surface area contributed by atoms with Crippen molar-refractivity contribution in [3.63, 3.8) is 0 Å². The number of hydrogen-bond acceptors (Lipinski definition) is 2. The lowest BCUT2D eigenvalue weighted by molar-refractivity contribution is 0.270. The van der Waals surface area contributed by atoms with Gasteiger partial charge in [0.25, 0.3) is 0 Å². The fraction of sp³-hybridized carbons (Fsp3) is 0.538. The lowest BCUT2D eigenvalue weighted by Crippen LogP contribution is -2.31. The van der Waals surface area contributed by atoms with Gasteiger partial charge in [-0.2, -0.15) is 0 Å². The van der Waals surface area contributed by atoms with Crippen LogP contribution >= 0.6 is 0 Å². The van der Waals surface area contributed by atoms with Crippen molar-refractivity contribution in [2.24, 2.45) is 11.1 Å². The third kappa shape index (κ3) is 2.64. The van der Waals surface area contributed by atoms with E-state index in [1.165, 1.54) is 0 Å². The van der Waals surface area contributed by atoms with Gasteiger partial charge in [-0.3, -0.25) is 4.90 Å². The molecule has 0 bridgehead atoms. The first kappa shape index (κ1) is 12.5. The Morgan fingerprint density at radius 3 is 2.82 bits per heavy atom. The van der Waals surface area contributed by atoms with Gasteiger partial charge in [-0.05, 0) is 31.0 Å². The van der Waals surface area contributed by atoms with Gasteiger partial charge in [0.05, 0.1) is 0 Å². The average Bonchev–Trinajstić information content (AvgIpc) is 2.68. The SMILES string of the molecule is CC1(CN)CCN(Cc2cccc(F)c2F)C1. The van der Waals surface area contributed by atoms with Crippen LogP contribution in [0.2, 0.25) is 0 Å². The van der Waals surface area contributed by atoms with E-state index in [2.05, 4.69) is 11.8 Å². The van der Waals surface area contributed by atoms with Crippen LogP contribution in [0.4, 0.5) is 8.78 Å². The van der Waals surface area contributed by atoms with Crippen LogP contribution in [0.5, 0.6) is 0 Å². The Kier molecular flexibility index (Phi) is 3.45. The Hall–Kier alpha value is -1.00. The summed E-state index contributed by atoms with van der Waals surface area (Å²) >= 11 is 0. The number of nitrogens with zero attached hydrogens (tertiary/aromatic N) is 1. The molecule has 1 aliphatic rings. The summed E-state index contributed by atoms with van der Waals surface area (Å²) in [5.74, 6) is -1.50. The third-order valence-corrected chi connectivity index (χ3v) is 3.56. The molecule has 4 heteroatoms. The Bertz CT molecular complexity index is 408. The van der Waals surface area contributed by atoms with Gasteiger partial charge in [-0.1, -0.05) is 19.1 Å². The van der Waals surface area contributed by atoms with Gasteiger partial charge in [0.15, 0.2) is 11.6 Å². The zero-order valence-electron chi connectivity index (χ0n) is 10.0. The Morgan fingerprint density at radius 2 is 2.18 bits per heavy atom. The predicted molar refractivity (Wildman–Crippen MR) is 63.4 cm³/mol. The van der Waals surface area contributed by atoms with Crippen LogP contribution in [-0.4, -0.2) is 24.5 Å². The molecule has 0 aliphatic carbocycles. The van der Waals surface area contributed by atoms with Crippen LogP contribution in [0.25, 0.3) is 0 Å². The number of hydrogen-bond donors (Lipinski definition) is 1. The summed E-state index contributed by atoms with van der Waals surface area (Å²) < 4.78 is 26.6. The molecule has 2 nitrogen and oxygen atoms in total. The second kappa shape index (κ2) is 4.70. The molecule has 1 unspecified atom stereocenters. The molecule has 1 aromatic rings. The van der Waals surface area contributed by atoms with Crippen molar-refractivity contribution >= 4 is 0 Å². The van der Waals surface area contributed by atoms with Crippen LogP contribution < -0.4 is 5.73 Å². The van der Waals surface area contributed by atoms with E-state index in [-0.39, 0.29) is 5.41 Å². The number of likely N-dealkylation sites (tertiary alicyclic amines) is 1. The summed E-state index contributed by atoms with van der Waals surface area (Å²) in [4.78, 5) is 2.13. The number of benzene rings is 1. The van der Waals surface area contributed by atoms with Gasteiger partial charge in [-0.25, -0.2) is 8.78 Å². The molecule has 2 N–H and O–H groups in total. The summed E-state index contributed by atoms with van der Waals surface area (Å²) in [6.45, 7) is 4.96. The van der Waals surface area contributed by atoms with Crippen molar-refractivity contribution < 1.29 is 8.78 Å². The van der Waals surface area contributed by atoms with E-state index in [0.29, 0.717) is 18.7 Å². The summed E-state index contributed by atoms with van der Waals surface area (Å²) in [5, 5.41) is 0. The topological polar surface area (TPSA) is 29.3 Å². The highest BCUT2D eigenvalue weighted by Gasteiger charge is 2.32. The van der Waals surface area contributed by atoms with Crippen LogP contribution in [0.15, 0.2) is 18.2 Å². The van der Waals surface area contributed by atoms with Gasteiger partial charge >= 0.3 is 0 Å². The lowest BCUT2D eigenvalue weighted by atomic mass is 9.90. The summed E-state index contributed by atoms with van der Waals surface area (Å²) in [6.07, 6.45) is 1.01. The molecule has 1 aromatic carbocycles. The molecule has 0 radical (unpaired) electrons.